The van der Waals surface area contributed by atoms with E-state index in [4.69, 9.17) is 21.6 Å². The Labute approximate surface area is 155 Å². The topological polar surface area (TPSA) is 82.4 Å². The number of carbonyl (C=O) groups is 2. The Bertz CT molecular complexity index is 890. The fraction of sp³-hybridized carbons (Fsp3) is 0.211. The van der Waals surface area contributed by atoms with E-state index in [2.05, 4.69) is 5.32 Å². The number of nitrogens with one attached hydrogen (secondary N) is 1. The Balaban J connectivity index is 1.69. The van der Waals surface area contributed by atoms with E-state index in [-0.39, 0.29) is 24.8 Å². The number of nitrogens with zero attached hydrogens (tertiary/aromatic N) is 2. The zero-order chi connectivity index (χ0) is 18.7. The summed E-state index contributed by atoms with van der Waals surface area (Å²) in [6, 6.07) is 13.7. The maximum absolute atomic E-state index is 12.5. The van der Waals surface area contributed by atoms with Crippen LogP contribution in [0.25, 0.3) is 0 Å². The third-order valence-electron chi connectivity index (χ3n) is 4.22. The molecule has 3 rings (SSSR count). The quantitative estimate of drug-likeness (QED) is 0.897. The Hall–Kier alpha value is -3.04. The highest BCUT2D eigenvalue weighted by molar-refractivity contribution is 6.32. The summed E-state index contributed by atoms with van der Waals surface area (Å²) in [7, 11) is 1.52. The van der Waals surface area contributed by atoms with Gasteiger partial charge in [-0.3, -0.25) is 9.59 Å². The number of amides is 2. The average Bonchev–Trinajstić information content (AvgIpc) is 3.04. The average molecular weight is 370 g/mol. The number of anilines is 2. The van der Waals surface area contributed by atoms with Crippen LogP contribution in [0.5, 0.6) is 5.75 Å². The second kappa shape index (κ2) is 7.46. The van der Waals surface area contributed by atoms with Gasteiger partial charge in [-0.25, -0.2) is 0 Å². The van der Waals surface area contributed by atoms with Gasteiger partial charge in [-0.15, -0.1) is 0 Å². The van der Waals surface area contributed by atoms with Crippen molar-refractivity contribution in [2.24, 2.45) is 5.92 Å². The van der Waals surface area contributed by atoms with Crippen LogP contribution in [0, 0.1) is 17.2 Å². The van der Waals surface area contributed by atoms with E-state index in [1.807, 2.05) is 6.07 Å². The fourth-order valence-corrected chi connectivity index (χ4v) is 3.08. The minimum absolute atomic E-state index is 0.131. The molecule has 1 unspecified atom stereocenters. The Morgan fingerprint density at radius 1 is 1.31 bits per heavy atom. The lowest BCUT2D eigenvalue weighted by Gasteiger charge is -2.18. The maximum Gasteiger partial charge on any atom is 0.229 e. The molecular formula is C19H16ClN3O3. The van der Waals surface area contributed by atoms with Crippen LogP contribution in [-0.4, -0.2) is 25.5 Å². The van der Waals surface area contributed by atoms with Crippen LogP contribution in [0.15, 0.2) is 42.5 Å². The number of hydrogen-bond donors (Lipinski definition) is 1. The van der Waals surface area contributed by atoms with Crippen LogP contribution in [0.3, 0.4) is 0 Å². The van der Waals surface area contributed by atoms with Crippen molar-refractivity contribution in [3.05, 3.63) is 53.1 Å². The van der Waals surface area contributed by atoms with Crippen molar-refractivity contribution in [1.82, 2.24) is 0 Å². The molecule has 0 aromatic heterocycles. The molecule has 2 aromatic rings. The summed E-state index contributed by atoms with van der Waals surface area (Å²) >= 11 is 6.12. The number of methoxy groups -OCH3 is 1. The molecular weight excluding hydrogens is 354 g/mol. The van der Waals surface area contributed by atoms with Crippen LogP contribution in [0.4, 0.5) is 11.4 Å². The molecule has 0 bridgehead atoms. The molecule has 1 aliphatic heterocycles. The highest BCUT2D eigenvalue weighted by atomic mass is 35.5. The molecule has 0 radical (unpaired) electrons. The van der Waals surface area contributed by atoms with Crippen molar-refractivity contribution in [2.45, 2.75) is 6.42 Å². The zero-order valence-electron chi connectivity index (χ0n) is 14.0. The van der Waals surface area contributed by atoms with Crippen molar-refractivity contribution in [3.8, 4) is 11.8 Å². The summed E-state index contributed by atoms with van der Waals surface area (Å²) in [5.41, 5.74) is 1.74. The van der Waals surface area contributed by atoms with Crippen molar-refractivity contribution in [3.63, 3.8) is 0 Å². The van der Waals surface area contributed by atoms with Gasteiger partial charge in [0.15, 0.2) is 0 Å². The number of benzene rings is 2. The molecule has 1 N–H and O–H groups in total. The van der Waals surface area contributed by atoms with Crippen LogP contribution in [0.2, 0.25) is 5.02 Å². The van der Waals surface area contributed by atoms with E-state index in [1.165, 1.54) is 7.11 Å². The first-order valence-electron chi connectivity index (χ1n) is 7.96. The first-order chi connectivity index (χ1) is 12.5. The molecule has 2 aromatic carbocycles. The molecule has 26 heavy (non-hydrogen) atoms. The maximum atomic E-state index is 12.5. The molecule has 1 saturated heterocycles. The van der Waals surface area contributed by atoms with Crippen LogP contribution >= 0.6 is 11.6 Å². The van der Waals surface area contributed by atoms with E-state index in [1.54, 1.807) is 47.4 Å². The van der Waals surface area contributed by atoms with Gasteiger partial charge >= 0.3 is 0 Å². The van der Waals surface area contributed by atoms with Gasteiger partial charge < -0.3 is 15.0 Å². The molecule has 6 nitrogen and oxygen atoms in total. The lowest BCUT2D eigenvalue weighted by Crippen LogP contribution is -2.28. The molecule has 0 spiro atoms. The van der Waals surface area contributed by atoms with Gasteiger partial charge in [-0.1, -0.05) is 11.6 Å². The molecule has 7 heteroatoms. The van der Waals surface area contributed by atoms with E-state index >= 15 is 0 Å². The normalized spacial score (nSPS) is 16.3. The first kappa shape index (κ1) is 17.8. The van der Waals surface area contributed by atoms with Crippen molar-refractivity contribution >= 4 is 34.8 Å². The lowest BCUT2D eigenvalue weighted by atomic mass is 10.1. The minimum Gasteiger partial charge on any atom is -0.495 e. The van der Waals surface area contributed by atoms with Crippen LogP contribution in [0.1, 0.15) is 12.0 Å². The van der Waals surface area contributed by atoms with Crippen LogP contribution in [-0.2, 0) is 9.59 Å². The number of carbonyl (C=O) groups excluding carboxylic acids is 2. The summed E-state index contributed by atoms with van der Waals surface area (Å²) in [5.74, 6) is -0.299. The van der Waals surface area contributed by atoms with E-state index < -0.39 is 5.92 Å². The first-order valence-corrected chi connectivity index (χ1v) is 8.34. The third-order valence-corrected chi connectivity index (χ3v) is 4.52. The van der Waals surface area contributed by atoms with Gasteiger partial charge in [-0.2, -0.15) is 5.26 Å². The highest BCUT2D eigenvalue weighted by Crippen LogP contribution is 2.32. The molecule has 0 aliphatic carbocycles. The predicted molar refractivity (Wildman–Crippen MR) is 98.3 cm³/mol. The largest absolute Gasteiger partial charge is 0.495 e. The molecule has 1 atom stereocenters. The van der Waals surface area contributed by atoms with E-state index in [9.17, 15) is 9.59 Å². The predicted octanol–water partition coefficient (Wildman–Crippen LogP) is 3.21. The molecule has 1 aliphatic rings. The molecule has 2 amide bonds. The van der Waals surface area contributed by atoms with Gasteiger partial charge in [0.25, 0.3) is 0 Å². The number of nitriles is 1. The van der Waals surface area contributed by atoms with Crippen LogP contribution < -0.4 is 15.0 Å². The Morgan fingerprint density at radius 2 is 2.04 bits per heavy atom. The molecule has 1 fully saturated rings. The summed E-state index contributed by atoms with van der Waals surface area (Å²) in [5, 5.41) is 12.0. The van der Waals surface area contributed by atoms with Crippen molar-refractivity contribution in [1.29, 1.82) is 5.26 Å². The third kappa shape index (κ3) is 3.63. The van der Waals surface area contributed by atoms with Gasteiger partial charge in [0.2, 0.25) is 11.8 Å². The van der Waals surface area contributed by atoms with E-state index in [0.717, 1.165) is 0 Å². The van der Waals surface area contributed by atoms with Gasteiger partial charge in [0.1, 0.15) is 5.75 Å². The number of halogens is 1. The second-order valence-electron chi connectivity index (χ2n) is 5.90. The SMILES string of the molecule is COc1ccc(N2CC(C(=O)Nc3ccc(C#N)cc3)CC2=O)cc1Cl. The minimum atomic E-state index is -0.459. The smallest absolute Gasteiger partial charge is 0.229 e. The Kier molecular flexibility index (Phi) is 5.10. The summed E-state index contributed by atoms with van der Waals surface area (Å²) in [6.45, 7) is 0.281. The van der Waals surface area contributed by atoms with E-state index in [0.29, 0.717) is 27.7 Å². The highest BCUT2D eigenvalue weighted by Gasteiger charge is 2.35. The van der Waals surface area contributed by atoms with Gasteiger partial charge in [-0.05, 0) is 42.5 Å². The zero-order valence-corrected chi connectivity index (χ0v) is 14.8. The number of hydrogen-bond acceptors (Lipinski definition) is 4. The fourth-order valence-electron chi connectivity index (χ4n) is 2.83. The molecule has 0 saturated carbocycles. The molecule has 132 valence electrons. The number of rotatable bonds is 4. The summed E-state index contributed by atoms with van der Waals surface area (Å²) in [6.07, 6.45) is 0.131. The second-order valence-corrected chi connectivity index (χ2v) is 6.31. The van der Waals surface area contributed by atoms with Gasteiger partial charge in [0, 0.05) is 24.3 Å². The van der Waals surface area contributed by atoms with Gasteiger partial charge in [0.05, 0.1) is 29.7 Å². The summed E-state index contributed by atoms with van der Waals surface area (Å²) in [4.78, 5) is 26.3. The summed E-state index contributed by atoms with van der Waals surface area (Å²) < 4.78 is 5.11. The van der Waals surface area contributed by atoms with Crippen molar-refractivity contribution < 1.29 is 14.3 Å². The standard InChI is InChI=1S/C19H16ClN3O3/c1-26-17-7-6-15(9-16(17)20)23-11-13(8-18(23)24)19(25)22-14-4-2-12(10-21)3-5-14/h2-7,9,13H,8,11H2,1H3,(H,22,25). The Morgan fingerprint density at radius 3 is 2.65 bits per heavy atom. The lowest BCUT2D eigenvalue weighted by molar-refractivity contribution is -0.122. The number of ether oxygens (including phenoxy) is 1. The molecule has 1 heterocycles. The van der Waals surface area contributed by atoms with Crippen molar-refractivity contribution in [2.75, 3.05) is 23.9 Å². The monoisotopic (exact) mass is 369 g/mol.